The van der Waals surface area contributed by atoms with Crippen molar-refractivity contribution in [3.05, 3.63) is 35.4 Å². The lowest BCUT2D eigenvalue weighted by Gasteiger charge is -2.30. The van der Waals surface area contributed by atoms with E-state index in [0.29, 0.717) is 6.54 Å². The summed E-state index contributed by atoms with van der Waals surface area (Å²) >= 11 is 0. The Morgan fingerprint density at radius 1 is 1.12 bits per heavy atom. The zero-order valence-corrected chi connectivity index (χ0v) is 13.8. The molecular weight excluding hydrogens is 308 g/mol. The molecule has 1 heterocycles. The predicted octanol–water partition coefficient (Wildman–Crippen LogP) is -0.666. The number of carbonyl (C=O) groups excluding carboxylic acids is 2. The molecule has 7 heteroatoms. The van der Waals surface area contributed by atoms with Crippen molar-refractivity contribution in [2.24, 2.45) is 5.73 Å². The van der Waals surface area contributed by atoms with E-state index >= 15 is 0 Å². The normalized spacial score (nSPS) is 15.9. The van der Waals surface area contributed by atoms with Gasteiger partial charge in [0.05, 0.1) is 19.2 Å². The Morgan fingerprint density at radius 2 is 1.79 bits per heavy atom. The van der Waals surface area contributed by atoms with E-state index in [9.17, 15) is 14.7 Å². The van der Waals surface area contributed by atoms with Gasteiger partial charge in [0.15, 0.2) is 0 Å². The maximum Gasteiger partial charge on any atom is 0.239 e. The van der Waals surface area contributed by atoms with Crippen molar-refractivity contribution in [2.75, 3.05) is 26.2 Å². The Hall–Kier alpha value is -1.96. The third-order valence-electron chi connectivity index (χ3n) is 4.18. The maximum atomic E-state index is 11.8. The number of nitrogens with one attached hydrogen (secondary N) is 2. The number of nitrogens with zero attached hydrogens (tertiary/aromatic N) is 1. The molecule has 0 radical (unpaired) electrons. The van der Waals surface area contributed by atoms with E-state index < -0.39 is 0 Å². The van der Waals surface area contributed by atoms with E-state index in [0.717, 1.165) is 38.0 Å². The SMILES string of the molecule is NCC(=O)NCC(=O)NCc1ccccc1CN1CCC(O)CC1. The molecule has 0 saturated carbocycles. The van der Waals surface area contributed by atoms with Gasteiger partial charge < -0.3 is 21.5 Å². The molecule has 0 atom stereocenters. The summed E-state index contributed by atoms with van der Waals surface area (Å²) in [6, 6.07) is 7.98. The monoisotopic (exact) mass is 334 g/mol. The van der Waals surface area contributed by atoms with Crippen LogP contribution < -0.4 is 16.4 Å². The van der Waals surface area contributed by atoms with E-state index in [2.05, 4.69) is 21.6 Å². The Bertz CT molecular complexity index is 557. The number of nitrogens with two attached hydrogens (primary N) is 1. The lowest BCUT2D eigenvalue weighted by Crippen LogP contribution is -2.39. The highest BCUT2D eigenvalue weighted by Crippen LogP contribution is 2.16. The molecule has 0 bridgehead atoms. The van der Waals surface area contributed by atoms with Crippen LogP contribution in [0.2, 0.25) is 0 Å². The molecule has 1 aliphatic rings. The molecule has 2 rings (SSSR count). The van der Waals surface area contributed by atoms with Crippen LogP contribution in [0.15, 0.2) is 24.3 Å². The molecule has 24 heavy (non-hydrogen) atoms. The molecule has 5 N–H and O–H groups in total. The minimum Gasteiger partial charge on any atom is -0.393 e. The molecule has 1 aliphatic heterocycles. The largest absolute Gasteiger partial charge is 0.393 e. The molecule has 132 valence electrons. The van der Waals surface area contributed by atoms with Gasteiger partial charge in [-0.3, -0.25) is 14.5 Å². The molecule has 0 aliphatic carbocycles. The van der Waals surface area contributed by atoms with Gasteiger partial charge in [0.25, 0.3) is 0 Å². The molecule has 0 unspecified atom stereocenters. The maximum absolute atomic E-state index is 11.8. The van der Waals surface area contributed by atoms with Crippen LogP contribution in [0.25, 0.3) is 0 Å². The summed E-state index contributed by atoms with van der Waals surface area (Å²) in [5, 5.41) is 14.8. The van der Waals surface area contributed by atoms with Gasteiger partial charge in [0.1, 0.15) is 0 Å². The summed E-state index contributed by atoms with van der Waals surface area (Å²) in [6.07, 6.45) is 1.43. The average Bonchev–Trinajstić information content (AvgIpc) is 2.60. The summed E-state index contributed by atoms with van der Waals surface area (Å²) in [7, 11) is 0. The summed E-state index contributed by atoms with van der Waals surface area (Å²) < 4.78 is 0. The fourth-order valence-electron chi connectivity index (χ4n) is 2.71. The predicted molar refractivity (Wildman–Crippen MR) is 90.9 cm³/mol. The average molecular weight is 334 g/mol. The molecule has 0 aromatic heterocycles. The van der Waals surface area contributed by atoms with Gasteiger partial charge in [-0.05, 0) is 24.0 Å². The number of benzene rings is 1. The van der Waals surface area contributed by atoms with Crippen molar-refractivity contribution in [1.82, 2.24) is 15.5 Å². The van der Waals surface area contributed by atoms with Crippen LogP contribution in [0.1, 0.15) is 24.0 Å². The second-order valence-corrected chi connectivity index (χ2v) is 6.03. The molecule has 1 aromatic carbocycles. The standard InChI is InChI=1S/C17H26N4O3/c18-9-16(23)20-11-17(24)19-10-13-3-1-2-4-14(13)12-21-7-5-15(22)6-8-21/h1-4,15,22H,5-12,18H2,(H,19,24)(H,20,23). The topological polar surface area (TPSA) is 108 Å². The lowest BCUT2D eigenvalue weighted by atomic mass is 10.0. The van der Waals surface area contributed by atoms with Crippen LogP contribution in [-0.4, -0.2) is 54.1 Å². The summed E-state index contributed by atoms with van der Waals surface area (Å²) in [4.78, 5) is 25.1. The first kappa shape index (κ1) is 18.4. The number of likely N-dealkylation sites (tertiary alicyclic amines) is 1. The van der Waals surface area contributed by atoms with Crippen molar-refractivity contribution < 1.29 is 14.7 Å². The second kappa shape index (κ2) is 9.36. The fraction of sp³-hybridized carbons (Fsp3) is 0.529. The Morgan fingerprint density at radius 3 is 2.46 bits per heavy atom. The zero-order valence-electron chi connectivity index (χ0n) is 13.8. The first-order chi connectivity index (χ1) is 11.6. The number of hydrogen-bond donors (Lipinski definition) is 4. The molecule has 1 saturated heterocycles. The highest BCUT2D eigenvalue weighted by molar-refractivity contribution is 5.85. The van der Waals surface area contributed by atoms with Crippen molar-refractivity contribution in [2.45, 2.75) is 32.0 Å². The number of piperidine rings is 1. The number of carbonyl (C=O) groups is 2. The minimum atomic E-state index is -0.349. The molecule has 1 aromatic rings. The number of aliphatic hydroxyl groups is 1. The van der Waals surface area contributed by atoms with Crippen LogP contribution in [0.3, 0.4) is 0 Å². The zero-order chi connectivity index (χ0) is 17.4. The van der Waals surface area contributed by atoms with Gasteiger partial charge in [-0.15, -0.1) is 0 Å². The van der Waals surface area contributed by atoms with Crippen molar-refractivity contribution >= 4 is 11.8 Å². The van der Waals surface area contributed by atoms with E-state index in [4.69, 9.17) is 5.73 Å². The van der Waals surface area contributed by atoms with Gasteiger partial charge >= 0.3 is 0 Å². The highest BCUT2D eigenvalue weighted by atomic mass is 16.3. The summed E-state index contributed by atoms with van der Waals surface area (Å²) in [5.74, 6) is -0.592. The van der Waals surface area contributed by atoms with E-state index in [1.54, 1.807) is 0 Å². The highest BCUT2D eigenvalue weighted by Gasteiger charge is 2.17. The number of rotatable bonds is 7. The van der Waals surface area contributed by atoms with Gasteiger partial charge in [0.2, 0.25) is 11.8 Å². The Labute approximate surface area is 142 Å². The third-order valence-corrected chi connectivity index (χ3v) is 4.18. The Kier molecular flexibility index (Phi) is 7.17. The quantitative estimate of drug-likeness (QED) is 0.529. The summed E-state index contributed by atoms with van der Waals surface area (Å²) in [6.45, 7) is 2.80. The second-order valence-electron chi connectivity index (χ2n) is 6.03. The first-order valence-corrected chi connectivity index (χ1v) is 8.29. The van der Waals surface area contributed by atoms with E-state index in [-0.39, 0.29) is 31.0 Å². The third kappa shape index (κ3) is 5.92. The smallest absolute Gasteiger partial charge is 0.239 e. The van der Waals surface area contributed by atoms with Crippen LogP contribution in [-0.2, 0) is 22.7 Å². The molecule has 2 amide bonds. The molecular formula is C17H26N4O3. The minimum absolute atomic E-state index is 0.0672. The molecule has 1 fully saturated rings. The first-order valence-electron chi connectivity index (χ1n) is 8.29. The van der Waals surface area contributed by atoms with Crippen molar-refractivity contribution in [3.8, 4) is 0 Å². The van der Waals surface area contributed by atoms with Gasteiger partial charge in [-0.1, -0.05) is 24.3 Å². The van der Waals surface area contributed by atoms with Crippen molar-refractivity contribution in [1.29, 1.82) is 0 Å². The van der Waals surface area contributed by atoms with Gasteiger partial charge in [-0.25, -0.2) is 0 Å². The number of hydrogen-bond acceptors (Lipinski definition) is 5. The summed E-state index contributed by atoms with van der Waals surface area (Å²) in [5.41, 5.74) is 7.40. The number of aliphatic hydroxyl groups excluding tert-OH is 1. The van der Waals surface area contributed by atoms with Crippen LogP contribution in [0.4, 0.5) is 0 Å². The van der Waals surface area contributed by atoms with Crippen LogP contribution in [0, 0.1) is 0 Å². The number of amides is 2. The molecule has 0 spiro atoms. The van der Waals surface area contributed by atoms with E-state index in [1.807, 2.05) is 18.2 Å². The van der Waals surface area contributed by atoms with Crippen LogP contribution >= 0.6 is 0 Å². The van der Waals surface area contributed by atoms with Gasteiger partial charge in [-0.2, -0.15) is 0 Å². The van der Waals surface area contributed by atoms with Gasteiger partial charge in [0, 0.05) is 26.2 Å². The van der Waals surface area contributed by atoms with E-state index in [1.165, 1.54) is 5.56 Å². The van der Waals surface area contributed by atoms with Crippen LogP contribution in [0.5, 0.6) is 0 Å². The lowest BCUT2D eigenvalue weighted by molar-refractivity contribution is -0.125. The molecule has 7 nitrogen and oxygen atoms in total. The Balaban J connectivity index is 1.84. The van der Waals surface area contributed by atoms with Crippen molar-refractivity contribution in [3.63, 3.8) is 0 Å². The fourth-order valence-corrected chi connectivity index (χ4v) is 2.71.